The third-order valence-corrected chi connectivity index (χ3v) is 2.67. The van der Waals surface area contributed by atoms with Gasteiger partial charge in [0.15, 0.2) is 0 Å². The second-order valence-electron chi connectivity index (χ2n) is 3.43. The van der Waals surface area contributed by atoms with Crippen molar-refractivity contribution in [2.45, 2.75) is 0 Å². The number of aromatic amines is 2. The first-order valence-corrected chi connectivity index (χ1v) is 5.68. The molecule has 0 unspecified atom stereocenters. The van der Waals surface area contributed by atoms with Gasteiger partial charge < -0.3 is 5.32 Å². The molecule has 0 aliphatic carbocycles. The molecule has 19 heavy (non-hydrogen) atoms. The molecule has 0 saturated carbocycles. The first-order chi connectivity index (χ1) is 8.97. The largest absolute Gasteiger partial charge is 0.342 e. The SMILES string of the molecule is O=C(Nc1cc(Cl)ccc1Cl)c1n[nH]c(=O)[nH]c1=O. The lowest BCUT2D eigenvalue weighted by atomic mass is 10.3. The van der Waals surface area contributed by atoms with Crippen molar-refractivity contribution < 1.29 is 4.79 Å². The molecule has 1 aromatic heterocycles. The molecular formula is C10H6Cl2N4O3. The lowest BCUT2D eigenvalue weighted by Gasteiger charge is -2.06. The highest BCUT2D eigenvalue weighted by molar-refractivity contribution is 6.35. The van der Waals surface area contributed by atoms with Gasteiger partial charge in [0.25, 0.3) is 11.5 Å². The van der Waals surface area contributed by atoms with E-state index in [4.69, 9.17) is 23.2 Å². The second kappa shape index (κ2) is 5.25. The number of aromatic nitrogens is 3. The van der Waals surface area contributed by atoms with Crippen LogP contribution in [0.5, 0.6) is 0 Å². The lowest BCUT2D eigenvalue weighted by molar-refractivity contribution is 0.101. The minimum absolute atomic E-state index is 0.228. The number of carbonyl (C=O) groups is 1. The molecular weight excluding hydrogens is 295 g/mol. The standard InChI is InChI=1S/C10H6Cl2N4O3/c11-4-1-2-5(12)6(3-4)13-8(17)7-9(18)14-10(19)16-15-7/h1-3H,(H,13,17)(H2,14,16,18,19). The van der Waals surface area contributed by atoms with Gasteiger partial charge in [0.2, 0.25) is 5.69 Å². The lowest BCUT2D eigenvalue weighted by Crippen LogP contribution is -2.32. The van der Waals surface area contributed by atoms with Gasteiger partial charge >= 0.3 is 5.69 Å². The minimum atomic E-state index is -0.903. The highest BCUT2D eigenvalue weighted by Crippen LogP contribution is 2.25. The monoisotopic (exact) mass is 300 g/mol. The molecule has 9 heteroatoms. The maximum Gasteiger partial charge on any atom is 0.342 e. The topological polar surface area (TPSA) is 108 Å². The van der Waals surface area contributed by atoms with Crippen LogP contribution in [0.2, 0.25) is 10.0 Å². The number of nitrogens with zero attached hydrogens (tertiary/aromatic N) is 1. The average molecular weight is 301 g/mol. The van der Waals surface area contributed by atoms with Crippen molar-refractivity contribution in [2.75, 3.05) is 5.32 Å². The number of hydrogen-bond donors (Lipinski definition) is 3. The van der Waals surface area contributed by atoms with Crippen molar-refractivity contribution in [1.29, 1.82) is 0 Å². The van der Waals surface area contributed by atoms with E-state index in [1.165, 1.54) is 12.1 Å². The molecule has 2 aromatic rings. The zero-order valence-corrected chi connectivity index (χ0v) is 10.7. The van der Waals surface area contributed by atoms with Crippen LogP contribution in [0.15, 0.2) is 27.8 Å². The normalized spacial score (nSPS) is 10.2. The zero-order chi connectivity index (χ0) is 14.0. The van der Waals surface area contributed by atoms with E-state index in [0.29, 0.717) is 5.02 Å². The number of nitrogens with one attached hydrogen (secondary N) is 3. The third kappa shape index (κ3) is 3.01. The Balaban J connectivity index is 2.33. The number of halogens is 2. The molecule has 0 bridgehead atoms. The van der Waals surface area contributed by atoms with Crippen LogP contribution < -0.4 is 16.6 Å². The second-order valence-corrected chi connectivity index (χ2v) is 4.28. The fourth-order valence-corrected chi connectivity index (χ4v) is 1.61. The van der Waals surface area contributed by atoms with Crippen LogP contribution in [0.25, 0.3) is 0 Å². The average Bonchev–Trinajstić information content (AvgIpc) is 2.33. The molecule has 7 nitrogen and oxygen atoms in total. The summed E-state index contributed by atoms with van der Waals surface area (Å²) in [7, 11) is 0. The molecule has 0 saturated heterocycles. The van der Waals surface area contributed by atoms with E-state index in [-0.39, 0.29) is 10.7 Å². The number of benzene rings is 1. The van der Waals surface area contributed by atoms with E-state index in [2.05, 4.69) is 10.4 Å². The first-order valence-electron chi connectivity index (χ1n) is 4.93. The maximum atomic E-state index is 11.8. The molecule has 1 aromatic carbocycles. The molecule has 3 N–H and O–H groups in total. The summed E-state index contributed by atoms with van der Waals surface area (Å²) in [6, 6.07) is 4.45. The van der Waals surface area contributed by atoms with E-state index in [1.54, 1.807) is 6.07 Å². The predicted octanol–water partition coefficient (Wildman–Crippen LogP) is 1.02. The molecule has 1 heterocycles. The van der Waals surface area contributed by atoms with Crippen LogP contribution in [0.3, 0.4) is 0 Å². The van der Waals surface area contributed by atoms with Gasteiger partial charge in [-0.2, -0.15) is 5.10 Å². The highest BCUT2D eigenvalue weighted by Gasteiger charge is 2.14. The highest BCUT2D eigenvalue weighted by atomic mass is 35.5. The van der Waals surface area contributed by atoms with Gasteiger partial charge in [-0.25, -0.2) is 9.89 Å². The Morgan fingerprint density at radius 2 is 2.00 bits per heavy atom. The van der Waals surface area contributed by atoms with Gasteiger partial charge in [-0.05, 0) is 18.2 Å². The van der Waals surface area contributed by atoms with E-state index in [1.807, 2.05) is 10.1 Å². The fraction of sp³-hybridized carbons (Fsp3) is 0. The van der Waals surface area contributed by atoms with Crippen LogP contribution in [-0.2, 0) is 0 Å². The van der Waals surface area contributed by atoms with Gasteiger partial charge in [-0.1, -0.05) is 23.2 Å². The van der Waals surface area contributed by atoms with Crippen molar-refractivity contribution >= 4 is 34.8 Å². The Kier molecular flexibility index (Phi) is 3.68. The Morgan fingerprint density at radius 3 is 2.68 bits per heavy atom. The van der Waals surface area contributed by atoms with Gasteiger partial charge in [-0.3, -0.25) is 14.6 Å². The Labute approximate surface area is 115 Å². The van der Waals surface area contributed by atoms with Crippen LogP contribution in [0.4, 0.5) is 5.69 Å². The molecule has 98 valence electrons. The Morgan fingerprint density at radius 1 is 1.26 bits per heavy atom. The quantitative estimate of drug-likeness (QED) is 0.769. The van der Waals surface area contributed by atoms with Crippen molar-refractivity contribution in [3.63, 3.8) is 0 Å². The van der Waals surface area contributed by atoms with Crippen LogP contribution >= 0.6 is 23.2 Å². The van der Waals surface area contributed by atoms with Gasteiger partial charge in [0.1, 0.15) is 0 Å². The molecule has 0 fully saturated rings. The molecule has 0 spiro atoms. The summed E-state index contributed by atoms with van der Waals surface area (Å²) in [4.78, 5) is 35.8. The van der Waals surface area contributed by atoms with Gasteiger partial charge in [0, 0.05) is 5.02 Å². The number of rotatable bonds is 2. The van der Waals surface area contributed by atoms with Crippen molar-refractivity contribution in [2.24, 2.45) is 0 Å². The smallest absolute Gasteiger partial charge is 0.319 e. The fourth-order valence-electron chi connectivity index (χ4n) is 1.28. The summed E-state index contributed by atoms with van der Waals surface area (Å²) in [6.45, 7) is 0. The molecule has 0 aliphatic heterocycles. The number of carbonyl (C=O) groups excluding carboxylic acids is 1. The van der Waals surface area contributed by atoms with Gasteiger partial charge in [-0.15, -0.1) is 0 Å². The minimum Gasteiger partial charge on any atom is -0.319 e. The predicted molar refractivity (Wildman–Crippen MR) is 69.9 cm³/mol. The summed E-state index contributed by atoms with van der Waals surface area (Å²) in [5.41, 5.74) is -1.97. The van der Waals surface area contributed by atoms with Crippen molar-refractivity contribution in [1.82, 2.24) is 15.2 Å². The Hall–Kier alpha value is -2.12. The summed E-state index contributed by atoms with van der Waals surface area (Å²) >= 11 is 11.6. The third-order valence-electron chi connectivity index (χ3n) is 2.10. The van der Waals surface area contributed by atoms with E-state index >= 15 is 0 Å². The molecule has 1 amide bonds. The summed E-state index contributed by atoms with van der Waals surface area (Å²) in [5.74, 6) is -0.818. The summed E-state index contributed by atoms with van der Waals surface area (Å²) in [5, 5.41) is 8.29. The number of anilines is 1. The van der Waals surface area contributed by atoms with E-state index < -0.39 is 22.9 Å². The van der Waals surface area contributed by atoms with Crippen LogP contribution in [0, 0.1) is 0 Å². The Bertz CT molecular complexity index is 753. The molecule has 0 radical (unpaired) electrons. The van der Waals surface area contributed by atoms with Crippen molar-refractivity contribution in [3.05, 3.63) is 54.8 Å². The summed E-state index contributed by atoms with van der Waals surface area (Å²) in [6.07, 6.45) is 0. The number of H-pyrrole nitrogens is 2. The van der Waals surface area contributed by atoms with E-state index in [0.717, 1.165) is 0 Å². The molecule has 0 aliphatic rings. The zero-order valence-electron chi connectivity index (χ0n) is 9.16. The first kappa shape index (κ1) is 13.3. The van der Waals surface area contributed by atoms with Crippen molar-refractivity contribution in [3.8, 4) is 0 Å². The number of hydrogen-bond acceptors (Lipinski definition) is 4. The molecule has 2 rings (SSSR count). The van der Waals surface area contributed by atoms with E-state index in [9.17, 15) is 14.4 Å². The number of amides is 1. The van der Waals surface area contributed by atoms with Crippen LogP contribution in [-0.4, -0.2) is 21.1 Å². The summed E-state index contributed by atoms with van der Waals surface area (Å²) < 4.78 is 0. The molecule has 0 atom stereocenters. The maximum absolute atomic E-state index is 11.8. The van der Waals surface area contributed by atoms with Gasteiger partial charge in [0.05, 0.1) is 10.7 Å². The van der Waals surface area contributed by atoms with Crippen LogP contribution in [0.1, 0.15) is 10.5 Å².